The van der Waals surface area contributed by atoms with Gasteiger partial charge in [0, 0.05) is 17.5 Å². The minimum absolute atomic E-state index is 0.0313. The van der Waals surface area contributed by atoms with E-state index in [0.717, 1.165) is 22.0 Å². The molecule has 19 heavy (non-hydrogen) atoms. The Morgan fingerprint density at radius 1 is 1.42 bits per heavy atom. The average molecular weight is 276 g/mol. The van der Waals surface area contributed by atoms with Crippen LogP contribution in [0.2, 0.25) is 0 Å². The second kappa shape index (κ2) is 6.33. The molecule has 2 aromatic rings. The van der Waals surface area contributed by atoms with Gasteiger partial charge in [0.1, 0.15) is 5.75 Å². The van der Waals surface area contributed by atoms with E-state index in [9.17, 15) is 4.79 Å². The number of thiazole rings is 1. The van der Waals surface area contributed by atoms with Crippen LogP contribution in [0.5, 0.6) is 5.75 Å². The molecule has 0 spiro atoms. The van der Waals surface area contributed by atoms with Crippen LogP contribution in [0.15, 0.2) is 29.6 Å². The number of carbonyl (C=O) groups excluding carboxylic acids is 1. The van der Waals surface area contributed by atoms with E-state index in [2.05, 4.69) is 10.3 Å². The third-order valence-corrected chi connectivity index (χ3v) is 3.50. The Balaban J connectivity index is 1.89. The third-order valence-electron chi connectivity index (χ3n) is 2.68. The Kier molecular flexibility index (Phi) is 4.52. The van der Waals surface area contributed by atoms with E-state index >= 15 is 0 Å². The molecule has 5 heteroatoms. The lowest BCUT2D eigenvalue weighted by atomic mass is 10.2. The van der Waals surface area contributed by atoms with Crippen molar-refractivity contribution in [3.8, 4) is 5.75 Å². The lowest BCUT2D eigenvalue weighted by Gasteiger charge is -2.09. The van der Waals surface area contributed by atoms with Crippen molar-refractivity contribution in [1.29, 1.82) is 0 Å². The molecule has 0 unspecified atom stereocenters. The summed E-state index contributed by atoms with van der Waals surface area (Å²) in [5.74, 6) is 0.753. The SMILES string of the molecule is COc1ccccc1CNC(=O)Cc1csc(C)n1. The number of methoxy groups -OCH3 is 1. The fourth-order valence-electron chi connectivity index (χ4n) is 1.76. The number of nitrogens with zero attached hydrogens (tertiary/aromatic N) is 1. The Morgan fingerprint density at radius 3 is 2.89 bits per heavy atom. The number of nitrogens with one attached hydrogen (secondary N) is 1. The first-order valence-corrected chi connectivity index (χ1v) is 6.86. The maximum atomic E-state index is 11.8. The summed E-state index contributed by atoms with van der Waals surface area (Å²) in [4.78, 5) is 16.1. The van der Waals surface area contributed by atoms with Gasteiger partial charge in [-0.1, -0.05) is 18.2 Å². The highest BCUT2D eigenvalue weighted by Gasteiger charge is 2.07. The van der Waals surface area contributed by atoms with Crippen molar-refractivity contribution in [3.63, 3.8) is 0 Å². The van der Waals surface area contributed by atoms with Crippen LogP contribution >= 0.6 is 11.3 Å². The molecule has 4 nitrogen and oxygen atoms in total. The first-order valence-electron chi connectivity index (χ1n) is 5.98. The topological polar surface area (TPSA) is 51.2 Å². The minimum atomic E-state index is -0.0313. The van der Waals surface area contributed by atoms with Crippen molar-refractivity contribution < 1.29 is 9.53 Å². The molecule has 1 heterocycles. The summed E-state index contributed by atoms with van der Waals surface area (Å²) in [6, 6.07) is 7.65. The van der Waals surface area contributed by atoms with Gasteiger partial charge in [-0.25, -0.2) is 4.98 Å². The summed E-state index contributed by atoms with van der Waals surface area (Å²) < 4.78 is 5.24. The van der Waals surface area contributed by atoms with Crippen LogP contribution in [0.3, 0.4) is 0 Å². The monoisotopic (exact) mass is 276 g/mol. The second-order valence-corrected chi connectivity index (χ2v) is 5.19. The number of hydrogen-bond acceptors (Lipinski definition) is 4. The smallest absolute Gasteiger partial charge is 0.226 e. The van der Waals surface area contributed by atoms with E-state index < -0.39 is 0 Å². The standard InChI is InChI=1S/C14H16N2O2S/c1-10-16-12(9-19-10)7-14(17)15-8-11-5-3-4-6-13(11)18-2/h3-6,9H,7-8H2,1-2H3,(H,15,17). The Bertz CT molecular complexity index is 566. The number of aromatic nitrogens is 1. The normalized spacial score (nSPS) is 10.2. The highest BCUT2D eigenvalue weighted by Crippen LogP contribution is 2.16. The van der Waals surface area contributed by atoms with Crippen LogP contribution in [-0.4, -0.2) is 18.0 Å². The van der Waals surface area contributed by atoms with Crippen molar-refractivity contribution in [2.45, 2.75) is 19.9 Å². The van der Waals surface area contributed by atoms with Crippen molar-refractivity contribution in [2.24, 2.45) is 0 Å². The van der Waals surface area contributed by atoms with Gasteiger partial charge in [-0.3, -0.25) is 4.79 Å². The highest BCUT2D eigenvalue weighted by molar-refractivity contribution is 7.09. The van der Waals surface area contributed by atoms with Crippen molar-refractivity contribution in [3.05, 3.63) is 45.9 Å². The highest BCUT2D eigenvalue weighted by atomic mass is 32.1. The molecule has 0 fully saturated rings. The molecule has 1 N–H and O–H groups in total. The van der Waals surface area contributed by atoms with Crippen LogP contribution in [-0.2, 0) is 17.8 Å². The molecule has 100 valence electrons. The van der Waals surface area contributed by atoms with Gasteiger partial charge in [0.15, 0.2) is 0 Å². The molecular formula is C14H16N2O2S. The molecule has 0 atom stereocenters. The molecule has 1 aromatic carbocycles. The Hall–Kier alpha value is -1.88. The minimum Gasteiger partial charge on any atom is -0.496 e. The predicted octanol–water partition coefficient (Wildman–Crippen LogP) is 2.32. The third kappa shape index (κ3) is 3.79. The fourth-order valence-corrected chi connectivity index (χ4v) is 2.37. The number of hydrogen-bond donors (Lipinski definition) is 1. The van der Waals surface area contributed by atoms with Gasteiger partial charge in [-0.15, -0.1) is 11.3 Å². The summed E-state index contributed by atoms with van der Waals surface area (Å²) in [7, 11) is 1.62. The van der Waals surface area contributed by atoms with Crippen LogP contribution in [0, 0.1) is 6.92 Å². The summed E-state index contributed by atoms with van der Waals surface area (Å²) in [5, 5.41) is 5.77. The van der Waals surface area contributed by atoms with E-state index in [4.69, 9.17) is 4.74 Å². The van der Waals surface area contributed by atoms with Crippen LogP contribution in [0.4, 0.5) is 0 Å². The molecule has 0 saturated heterocycles. The van der Waals surface area contributed by atoms with Gasteiger partial charge in [0.2, 0.25) is 5.91 Å². The lowest BCUT2D eigenvalue weighted by molar-refractivity contribution is -0.120. The summed E-state index contributed by atoms with van der Waals surface area (Å²) in [6.45, 7) is 2.40. The zero-order valence-electron chi connectivity index (χ0n) is 11.0. The zero-order chi connectivity index (χ0) is 13.7. The van der Waals surface area contributed by atoms with Crippen molar-refractivity contribution in [2.75, 3.05) is 7.11 Å². The maximum Gasteiger partial charge on any atom is 0.226 e. The Labute approximate surface area is 116 Å². The second-order valence-electron chi connectivity index (χ2n) is 4.12. The number of aryl methyl sites for hydroxylation is 1. The first kappa shape index (κ1) is 13.5. The van der Waals surface area contributed by atoms with E-state index in [1.807, 2.05) is 36.6 Å². The quantitative estimate of drug-likeness (QED) is 0.911. The van der Waals surface area contributed by atoms with E-state index in [1.165, 1.54) is 0 Å². The first-order chi connectivity index (χ1) is 9.19. The fraction of sp³-hybridized carbons (Fsp3) is 0.286. The van der Waals surface area contributed by atoms with E-state index in [-0.39, 0.29) is 5.91 Å². The molecule has 0 bridgehead atoms. The molecule has 0 aliphatic carbocycles. The van der Waals surface area contributed by atoms with Crippen LogP contribution < -0.4 is 10.1 Å². The molecule has 0 aliphatic rings. The van der Waals surface area contributed by atoms with E-state index in [0.29, 0.717) is 13.0 Å². The maximum absolute atomic E-state index is 11.8. The number of ether oxygens (including phenoxy) is 1. The molecule has 0 radical (unpaired) electrons. The van der Waals surface area contributed by atoms with Gasteiger partial charge in [0.25, 0.3) is 0 Å². The molecule has 0 saturated carbocycles. The van der Waals surface area contributed by atoms with Gasteiger partial charge in [0.05, 0.1) is 24.2 Å². The number of carbonyl (C=O) groups is 1. The van der Waals surface area contributed by atoms with Gasteiger partial charge < -0.3 is 10.1 Å². The Morgan fingerprint density at radius 2 is 2.21 bits per heavy atom. The molecule has 0 aliphatic heterocycles. The van der Waals surface area contributed by atoms with Gasteiger partial charge in [-0.2, -0.15) is 0 Å². The van der Waals surface area contributed by atoms with Crippen LogP contribution in [0.25, 0.3) is 0 Å². The predicted molar refractivity (Wildman–Crippen MR) is 75.4 cm³/mol. The molecule has 1 amide bonds. The number of benzene rings is 1. The van der Waals surface area contributed by atoms with Gasteiger partial charge >= 0.3 is 0 Å². The summed E-state index contributed by atoms with van der Waals surface area (Å²) in [5.41, 5.74) is 1.79. The number of rotatable bonds is 5. The van der Waals surface area contributed by atoms with Crippen LogP contribution in [0.1, 0.15) is 16.3 Å². The largest absolute Gasteiger partial charge is 0.496 e. The lowest BCUT2D eigenvalue weighted by Crippen LogP contribution is -2.24. The van der Waals surface area contributed by atoms with E-state index in [1.54, 1.807) is 18.4 Å². The molecule has 1 aromatic heterocycles. The molecule has 2 rings (SSSR count). The van der Waals surface area contributed by atoms with Gasteiger partial charge in [-0.05, 0) is 13.0 Å². The van der Waals surface area contributed by atoms with Crippen molar-refractivity contribution >= 4 is 17.2 Å². The number of amides is 1. The number of para-hydroxylation sites is 1. The zero-order valence-corrected chi connectivity index (χ0v) is 11.8. The average Bonchev–Trinajstić information content (AvgIpc) is 2.82. The summed E-state index contributed by atoms with van der Waals surface area (Å²) >= 11 is 1.56. The summed E-state index contributed by atoms with van der Waals surface area (Å²) in [6.07, 6.45) is 0.319. The van der Waals surface area contributed by atoms with Crippen molar-refractivity contribution in [1.82, 2.24) is 10.3 Å². The molecular weight excluding hydrogens is 260 g/mol.